The Labute approximate surface area is 93.8 Å². The van der Waals surface area contributed by atoms with Crippen LogP contribution in [0.25, 0.3) is 0 Å². The molecule has 0 amide bonds. The van der Waals surface area contributed by atoms with Crippen molar-refractivity contribution in [3.63, 3.8) is 0 Å². The minimum Gasteiger partial charge on any atom is -0.374 e. The van der Waals surface area contributed by atoms with Crippen molar-refractivity contribution in [1.82, 2.24) is 0 Å². The van der Waals surface area contributed by atoms with Crippen molar-refractivity contribution in [2.75, 3.05) is 5.32 Å². The molecule has 1 atom stereocenters. The van der Waals surface area contributed by atoms with Gasteiger partial charge in [-0.05, 0) is 36.6 Å². The first kappa shape index (κ1) is 10.8. The molecule has 0 radical (unpaired) electrons. The van der Waals surface area contributed by atoms with Gasteiger partial charge in [-0.3, -0.25) is 0 Å². The van der Waals surface area contributed by atoms with E-state index >= 15 is 0 Å². The molecule has 5 heteroatoms. The Morgan fingerprint density at radius 1 is 1.33 bits per heavy atom. The number of nitrogens with one attached hydrogen (secondary N) is 1. The van der Waals surface area contributed by atoms with Crippen LogP contribution in [0.4, 0.5) is 18.9 Å². The molecular formula is C10H9BrF3N. The van der Waals surface area contributed by atoms with Crippen molar-refractivity contribution >= 4 is 21.6 Å². The largest absolute Gasteiger partial charge is 0.408 e. The second-order valence-electron chi connectivity index (χ2n) is 3.58. The number of fused-ring (bicyclic) bond motifs is 1. The highest BCUT2D eigenvalue weighted by atomic mass is 79.9. The molecule has 1 unspecified atom stereocenters. The van der Waals surface area contributed by atoms with E-state index in [2.05, 4.69) is 21.2 Å². The molecule has 1 aromatic carbocycles. The van der Waals surface area contributed by atoms with E-state index in [4.69, 9.17) is 0 Å². The van der Waals surface area contributed by atoms with E-state index in [9.17, 15) is 13.2 Å². The number of aryl methyl sites for hydroxylation is 1. The van der Waals surface area contributed by atoms with Gasteiger partial charge in [0.1, 0.15) is 6.04 Å². The van der Waals surface area contributed by atoms with E-state index in [0.29, 0.717) is 12.1 Å². The number of hydrogen-bond donors (Lipinski definition) is 1. The molecule has 0 aliphatic carbocycles. The standard InChI is InChI=1S/C10H9BrF3N/c11-7-2-3-8-6(5-7)1-4-9(15-8)10(12,13)14/h2-3,5,9,15H,1,4H2. The number of anilines is 1. The summed E-state index contributed by atoms with van der Waals surface area (Å²) in [6.07, 6.45) is -3.59. The van der Waals surface area contributed by atoms with Crippen LogP contribution in [0.5, 0.6) is 0 Å². The van der Waals surface area contributed by atoms with Crippen LogP contribution in [0.1, 0.15) is 12.0 Å². The first-order chi connectivity index (χ1) is 6.97. The molecule has 1 heterocycles. The molecule has 0 spiro atoms. The summed E-state index contributed by atoms with van der Waals surface area (Å²) in [7, 11) is 0. The number of benzene rings is 1. The Bertz CT molecular complexity index is 375. The lowest BCUT2D eigenvalue weighted by Crippen LogP contribution is -2.39. The second kappa shape index (κ2) is 3.70. The minimum absolute atomic E-state index is 0.104. The first-order valence-corrected chi connectivity index (χ1v) is 5.38. The molecule has 1 nitrogen and oxygen atoms in total. The van der Waals surface area contributed by atoms with Gasteiger partial charge in [-0.25, -0.2) is 0 Å². The third-order valence-corrected chi connectivity index (χ3v) is 2.99. The normalized spacial score (nSPS) is 20.7. The summed E-state index contributed by atoms with van der Waals surface area (Å²) in [4.78, 5) is 0. The zero-order chi connectivity index (χ0) is 11.1. The number of alkyl halides is 3. The summed E-state index contributed by atoms with van der Waals surface area (Å²) < 4.78 is 38.2. The van der Waals surface area contributed by atoms with E-state index in [1.165, 1.54) is 0 Å². The average molecular weight is 280 g/mol. The van der Waals surface area contributed by atoms with Gasteiger partial charge in [0.15, 0.2) is 0 Å². The molecule has 1 N–H and O–H groups in total. The summed E-state index contributed by atoms with van der Waals surface area (Å²) in [5.74, 6) is 0. The van der Waals surface area contributed by atoms with Crippen molar-refractivity contribution in [2.45, 2.75) is 25.1 Å². The fourth-order valence-corrected chi connectivity index (χ4v) is 2.12. The van der Waals surface area contributed by atoms with Crippen molar-refractivity contribution in [3.8, 4) is 0 Å². The lowest BCUT2D eigenvalue weighted by atomic mass is 9.98. The summed E-state index contributed by atoms with van der Waals surface area (Å²) in [5, 5.41) is 2.52. The maximum atomic E-state index is 12.4. The maximum absolute atomic E-state index is 12.4. The Morgan fingerprint density at radius 3 is 2.73 bits per heavy atom. The van der Waals surface area contributed by atoms with Gasteiger partial charge in [-0.15, -0.1) is 0 Å². The van der Waals surface area contributed by atoms with Gasteiger partial charge in [-0.1, -0.05) is 15.9 Å². The van der Waals surface area contributed by atoms with Gasteiger partial charge < -0.3 is 5.32 Å². The van der Waals surface area contributed by atoms with E-state index < -0.39 is 12.2 Å². The number of halogens is 4. The molecular weight excluding hydrogens is 271 g/mol. The van der Waals surface area contributed by atoms with Crippen molar-refractivity contribution in [2.24, 2.45) is 0 Å². The van der Waals surface area contributed by atoms with E-state index in [-0.39, 0.29) is 6.42 Å². The minimum atomic E-state index is -4.16. The van der Waals surface area contributed by atoms with Crippen LogP contribution in [-0.2, 0) is 6.42 Å². The Kier molecular flexibility index (Phi) is 2.66. The Morgan fingerprint density at radius 2 is 2.07 bits per heavy atom. The van der Waals surface area contributed by atoms with Gasteiger partial charge >= 0.3 is 6.18 Å². The smallest absolute Gasteiger partial charge is 0.374 e. The fraction of sp³-hybridized carbons (Fsp3) is 0.400. The van der Waals surface area contributed by atoms with Crippen LogP contribution < -0.4 is 5.32 Å². The maximum Gasteiger partial charge on any atom is 0.408 e. The van der Waals surface area contributed by atoms with Crippen LogP contribution in [0.2, 0.25) is 0 Å². The quantitative estimate of drug-likeness (QED) is 0.763. The highest BCUT2D eigenvalue weighted by Crippen LogP contribution is 2.34. The topological polar surface area (TPSA) is 12.0 Å². The van der Waals surface area contributed by atoms with Gasteiger partial charge in [0.2, 0.25) is 0 Å². The number of hydrogen-bond acceptors (Lipinski definition) is 1. The molecule has 1 aliphatic heterocycles. The summed E-state index contributed by atoms with van der Waals surface area (Å²) in [6, 6.07) is 3.86. The van der Waals surface area contributed by atoms with Crippen LogP contribution in [0, 0.1) is 0 Å². The lowest BCUT2D eigenvalue weighted by molar-refractivity contribution is -0.144. The highest BCUT2D eigenvalue weighted by molar-refractivity contribution is 9.10. The Balaban J connectivity index is 2.24. The van der Waals surface area contributed by atoms with Crippen LogP contribution >= 0.6 is 15.9 Å². The predicted molar refractivity (Wildman–Crippen MR) is 55.9 cm³/mol. The van der Waals surface area contributed by atoms with Crippen molar-refractivity contribution < 1.29 is 13.2 Å². The monoisotopic (exact) mass is 279 g/mol. The molecule has 15 heavy (non-hydrogen) atoms. The molecule has 1 aliphatic rings. The molecule has 0 bridgehead atoms. The summed E-state index contributed by atoms with van der Waals surface area (Å²) in [6.45, 7) is 0. The zero-order valence-corrected chi connectivity index (χ0v) is 9.32. The van der Waals surface area contributed by atoms with Gasteiger partial charge in [0.05, 0.1) is 0 Å². The number of rotatable bonds is 0. The van der Waals surface area contributed by atoms with Gasteiger partial charge in [0, 0.05) is 10.2 Å². The fourth-order valence-electron chi connectivity index (χ4n) is 1.72. The zero-order valence-electron chi connectivity index (χ0n) is 7.74. The SMILES string of the molecule is FC(F)(F)C1CCc2cc(Br)ccc2N1. The predicted octanol–water partition coefficient (Wildman–Crippen LogP) is 3.74. The molecule has 1 aromatic rings. The van der Waals surface area contributed by atoms with Crippen LogP contribution in [0.15, 0.2) is 22.7 Å². The third kappa shape index (κ3) is 2.27. The molecule has 0 saturated heterocycles. The second-order valence-corrected chi connectivity index (χ2v) is 4.49. The first-order valence-electron chi connectivity index (χ1n) is 4.58. The van der Waals surface area contributed by atoms with E-state index in [0.717, 1.165) is 10.0 Å². The van der Waals surface area contributed by atoms with Crippen molar-refractivity contribution in [3.05, 3.63) is 28.2 Å². The van der Waals surface area contributed by atoms with Gasteiger partial charge in [-0.2, -0.15) is 13.2 Å². The average Bonchev–Trinajstić information content (AvgIpc) is 2.15. The molecule has 0 aromatic heterocycles. The summed E-state index contributed by atoms with van der Waals surface area (Å²) in [5.41, 5.74) is 1.52. The third-order valence-electron chi connectivity index (χ3n) is 2.49. The van der Waals surface area contributed by atoms with E-state index in [1.54, 1.807) is 12.1 Å². The van der Waals surface area contributed by atoms with Crippen LogP contribution in [-0.4, -0.2) is 12.2 Å². The van der Waals surface area contributed by atoms with Crippen LogP contribution in [0.3, 0.4) is 0 Å². The molecule has 82 valence electrons. The lowest BCUT2D eigenvalue weighted by Gasteiger charge is -2.28. The summed E-state index contributed by atoms with van der Waals surface area (Å²) >= 11 is 3.29. The van der Waals surface area contributed by atoms with E-state index in [1.807, 2.05) is 6.07 Å². The van der Waals surface area contributed by atoms with Gasteiger partial charge in [0.25, 0.3) is 0 Å². The van der Waals surface area contributed by atoms with Crippen molar-refractivity contribution in [1.29, 1.82) is 0 Å². The molecule has 2 rings (SSSR count). The Hall–Kier alpha value is -0.710. The molecule has 0 saturated carbocycles. The molecule has 0 fully saturated rings. The highest BCUT2D eigenvalue weighted by Gasteiger charge is 2.41.